The van der Waals surface area contributed by atoms with Gasteiger partial charge in [0, 0.05) is 19.3 Å². The van der Waals surface area contributed by atoms with Gasteiger partial charge < -0.3 is 9.80 Å². The first-order valence-corrected chi connectivity index (χ1v) is 6.39. The van der Waals surface area contributed by atoms with Gasteiger partial charge in [-0.1, -0.05) is 24.8 Å². The number of hydrogen-bond acceptors (Lipinski definition) is 2. The number of para-hydroxylation sites is 1. The lowest BCUT2D eigenvalue weighted by Gasteiger charge is -2.30. The van der Waals surface area contributed by atoms with E-state index in [0.29, 0.717) is 6.54 Å². The van der Waals surface area contributed by atoms with Crippen molar-refractivity contribution in [2.75, 3.05) is 25.0 Å². The van der Waals surface area contributed by atoms with Gasteiger partial charge in [-0.05, 0) is 30.5 Å². The highest BCUT2D eigenvalue weighted by molar-refractivity contribution is 5.98. The molecule has 4 nitrogen and oxygen atoms in total. The SMILES string of the molecule is C=CC(=O)N(C)CC(=O)N1CCCc2ccccc21. The predicted octanol–water partition coefficient (Wildman–Crippen LogP) is 1.61. The second-order valence-electron chi connectivity index (χ2n) is 4.68. The van der Waals surface area contributed by atoms with E-state index in [4.69, 9.17) is 0 Å². The number of hydrogen-bond donors (Lipinski definition) is 0. The number of fused-ring (bicyclic) bond motifs is 1. The van der Waals surface area contributed by atoms with Gasteiger partial charge in [0.15, 0.2) is 0 Å². The number of benzene rings is 1. The van der Waals surface area contributed by atoms with Crippen LogP contribution in [0.25, 0.3) is 0 Å². The lowest BCUT2D eigenvalue weighted by Crippen LogP contribution is -2.43. The Kier molecular flexibility index (Phi) is 4.00. The number of likely N-dealkylation sites (N-methyl/N-ethyl adjacent to an activating group) is 1. The number of amides is 2. The number of carbonyl (C=O) groups excluding carboxylic acids is 2. The zero-order chi connectivity index (χ0) is 13.8. The molecule has 1 aromatic rings. The first kappa shape index (κ1) is 13.3. The number of carbonyl (C=O) groups is 2. The molecule has 0 unspecified atom stereocenters. The average molecular weight is 258 g/mol. The summed E-state index contributed by atoms with van der Waals surface area (Å²) >= 11 is 0. The molecule has 1 heterocycles. The Morgan fingerprint density at radius 2 is 2.16 bits per heavy atom. The van der Waals surface area contributed by atoms with Gasteiger partial charge in [0.05, 0.1) is 0 Å². The number of rotatable bonds is 3. The lowest BCUT2D eigenvalue weighted by atomic mass is 10.0. The van der Waals surface area contributed by atoms with E-state index in [1.165, 1.54) is 16.5 Å². The minimum absolute atomic E-state index is 0.0511. The average Bonchev–Trinajstić information content (AvgIpc) is 2.45. The molecule has 1 aliphatic heterocycles. The van der Waals surface area contributed by atoms with Crippen LogP contribution in [0.4, 0.5) is 5.69 Å². The topological polar surface area (TPSA) is 40.6 Å². The predicted molar refractivity (Wildman–Crippen MR) is 75.0 cm³/mol. The molecule has 0 saturated heterocycles. The zero-order valence-corrected chi connectivity index (χ0v) is 11.1. The standard InChI is InChI=1S/C15H18N2O2/c1-3-14(18)16(2)11-15(19)17-10-6-8-12-7-4-5-9-13(12)17/h3-5,7,9H,1,6,8,10-11H2,2H3. The van der Waals surface area contributed by atoms with Crippen LogP contribution in [0, 0.1) is 0 Å². The summed E-state index contributed by atoms with van der Waals surface area (Å²) in [6.45, 7) is 4.22. The summed E-state index contributed by atoms with van der Waals surface area (Å²) < 4.78 is 0. The monoisotopic (exact) mass is 258 g/mol. The number of aryl methyl sites for hydroxylation is 1. The van der Waals surface area contributed by atoms with Crippen molar-refractivity contribution in [2.24, 2.45) is 0 Å². The van der Waals surface area contributed by atoms with Crippen LogP contribution < -0.4 is 4.90 Å². The van der Waals surface area contributed by atoms with E-state index in [1.807, 2.05) is 24.3 Å². The maximum absolute atomic E-state index is 12.3. The Balaban J connectivity index is 2.13. The van der Waals surface area contributed by atoms with E-state index < -0.39 is 0 Å². The van der Waals surface area contributed by atoms with Crippen molar-refractivity contribution in [3.8, 4) is 0 Å². The normalized spacial score (nSPS) is 13.6. The Morgan fingerprint density at radius 3 is 2.89 bits per heavy atom. The minimum Gasteiger partial charge on any atom is -0.333 e. The van der Waals surface area contributed by atoms with Crippen molar-refractivity contribution in [3.05, 3.63) is 42.5 Å². The molecule has 0 bridgehead atoms. The molecule has 2 amide bonds. The van der Waals surface area contributed by atoms with Gasteiger partial charge in [-0.3, -0.25) is 9.59 Å². The third-order valence-electron chi connectivity index (χ3n) is 3.33. The summed E-state index contributed by atoms with van der Waals surface area (Å²) in [5.41, 5.74) is 2.16. The van der Waals surface area contributed by atoms with Crippen LogP contribution in [0.1, 0.15) is 12.0 Å². The summed E-state index contributed by atoms with van der Waals surface area (Å²) in [5, 5.41) is 0. The van der Waals surface area contributed by atoms with Gasteiger partial charge in [-0.25, -0.2) is 0 Å². The molecule has 0 atom stereocenters. The maximum atomic E-state index is 12.3. The molecular weight excluding hydrogens is 240 g/mol. The fourth-order valence-electron chi connectivity index (χ4n) is 2.31. The highest BCUT2D eigenvalue weighted by Gasteiger charge is 2.23. The van der Waals surface area contributed by atoms with Crippen LogP contribution in [-0.2, 0) is 16.0 Å². The second-order valence-corrected chi connectivity index (χ2v) is 4.68. The molecule has 0 saturated carbocycles. The quantitative estimate of drug-likeness (QED) is 0.773. The fraction of sp³-hybridized carbons (Fsp3) is 0.333. The van der Waals surface area contributed by atoms with Gasteiger partial charge >= 0.3 is 0 Å². The molecule has 0 aliphatic carbocycles. The summed E-state index contributed by atoms with van der Waals surface area (Å²) in [4.78, 5) is 26.9. The van der Waals surface area contributed by atoms with E-state index >= 15 is 0 Å². The molecule has 1 aromatic carbocycles. The van der Waals surface area contributed by atoms with Crippen LogP contribution in [0.5, 0.6) is 0 Å². The van der Waals surface area contributed by atoms with Crippen molar-refractivity contribution in [1.29, 1.82) is 0 Å². The Morgan fingerprint density at radius 1 is 1.42 bits per heavy atom. The first-order valence-electron chi connectivity index (χ1n) is 6.39. The van der Waals surface area contributed by atoms with Crippen LogP contribution in [-0.4, -0.2) is 36.9 Å². The molecule has 2 rings (SSSR count). The summed E-state index contributed by atoms with van der Waals surface area (Å²) in [7, 11) is 1.61. The van der Waals surface area contributed by atoms with E-state index in [0.717, 1.165) is 18.5 Å². The summed E-state index contributed by atoms with van der Waals surface area (Å²) in [6.07, 6.45) is 3.18. The molecule has 0 spiro atoms. The molecule has 0 radical (unpaired) electrons. The third kappa shape index (κ3) is 2.84. The van der Waals surface area contributed by atoms with Crippen molar-refractivity contribution in [3.63, 3.8) is 0 Å². The molecule has 1 aliphatic rings. The third-order valence-corrected chi connectivity index (χ3v) is 3.33. The highest BCUT2D eigenvalue weighted by Crippen LogP contribution is 2.26. The Hall–Kier alpha value is -2.10. The number of anilines is 1. The molecule has 19 heavy (non-hydrogen) atoms. The van der Waals surface area contributed by atoms with E-state index in [2.05, 4.69) is 6.58 Å². The summed E-state index contributed by atoms with van der Waals surface area (Å²) in [5.74, 6) is -0.288. The fourth-order valence-corrected chi connectivity index (χ4v) is 2.31. The van der Waals surface area contributed by atoms with E-state index in [1.54, 1.807) is 11.9 Å². The zero-order valence-electron chi connectivity index (χ0n) is 11.1. The summed E-state index contributed by atoms with van der Waals surface area (Å²) in [6, 6.07) is 7.93. The first-order chi connectivity index (χ1) is 9.13. The highest BCUT2D eigenvalue weighted by atomic mass is 16.2. The van der Waals surface area contributed by atoms with Gasteiger partial charge in [0.1, 0.15) is 6.54 Å². The lowest BCUT2D eigenvalue weighted by molar-refractivity contribution is -0.130. The second kappa shape index (κ2) is 5.69. The van der Waals surface area contributed by atoms with Crippen molar-refractivity contribution in [2.45, 2.75) is 12.8 Å². The van der Waals surface area contributed by atoms with Crippen molar-refractivity contribution >= 4 is 17.5 Å². The molecule has 0 aromatic heterocycles. The van der Waals surface area contributed by atoms with Gasteiger partial charge in [-0.15, -0.1) is 0 Å². The molecule has 0 fully saturated rings. The minimum atomic E-state index is -0.237. The van der Waals surface area contributed by atoms with Gasteiger partial charge in [0.2, 0.25) is 11.8 Å². The van der Waals surface area contributed by atoms with E-state index in [-0.39, 0.29) is 18.4 Å². The Labute approximate surface area is 113 Å². The largest absolute Gasteiger partial charge is 0.333 e. The van der Waals surface area contributed by atoms with Gasteiger partial charge in [-0.2, -0.15) is 0 Å². The maximum Gasteiger partial charge on any atom is 0.246 e. The van der Waals surface area contributed by atoms with Crippen molar-refractivity contribution < 1.29 is 9.59 Å². The molecule has 100 valence electrons. The van der Waals surface area contributed by atoms with Crippen LogP contribution >= 0.6 is 0 Å². The van der Waals surface area contributed by atoms with Crippen LogP contribution in [0.3, 0.4) is 0 Å². The van der Waals surface area contributed by atoms with E-state index in [9.17, 15) is 9.59 Å². The Bertz CT molecular complexity index is 511. The van der Waals surface area contributed by atoms with Crippen LogP contribution in [0.15, 0.2) is 36.9 Å². The number of nitrogens with zero attached hydrogens (tertiary/aromatic N) is 2. The van der Waals surface area contributed by atoms with Crippen molar-refractivity contribution in [1.82, 2.24) is 4.90 Å². The molecular formula is C15H18N2O2. The smallest absolute Gasteiger partial charge is 0.246 e. The molecule has 0 N–H and O–H groups in total. The molecule has 4 heteroatoms. The van der Waals surface area contributed by atoms with Gasteiger partial charge in [0.25, 0.3) is 0 Å². The van der Waals surface area contributed by atoms with Crippen LogP contribution in [0.2, 0.25) is 0 Å².